The minimum Gasteiger partial charge on any atom is -0.480 e. The van der Waals surface area contributed by atoms with Crippen LogP contribution in [-0.4, -0.2) is 35.5 Å². The Morgan fingerprint density at radius 3 is 2.00 bits per heavy atom. The maximum absolute atomic E-state index is 11.8. The van der Waals surface area contributed by atoms with Crippen LogP contribution in [0.2, 0.25) is 0 Å². The zero-order chi connectivity index (χ0) is 11.8. The molecule has 0 aromatic heterocycles. The Bertz CT molecular complexity index is 210. The maximum Gasteiger partial charge on any atom is 0.323 e. The molecule has 1 N–H and O–H groups in total. The van der Waals surface area contributed by atoms with E-state index in [1.165, 1.54) is 4.90 Å². The Kier molecular flexibility index (Phi) is 6.75. The van der Waals surface area contributed by atoms with Gasteiger partial charge in [0, 0.05) is 13.0 Å². The lowest BCUT2D eigenvalue weighted by Crippen LogP contribution is -2.36. The number of hydrogen-bond acceptors (Lipinski definition) is 2. The first-order chi connectivity index (χ1) is 7.02. The summed E-state index contributed by atoms with van der Waals surface area (Å²) in [5.74, 6) is -1.01. The molecule has 0 fully saturated rings. The summed E-state index contributed by atoms with van der Waals surface area (Å²) in [6.45, 7) is 3.86. The molecule has 0 heterocycles. The number of carbonyl (C=O) groups is 2. The lowest BCUT2D eigenvalue weighted by atomic mass is 9.97. The number of rotatable bonds is 7. The van der Waals surface area contributed by atoms with Gasteiger partial charge < -0.3 is 10.0 Å². The molecule has 0 rings (SSSR count). The van der Waals surface area contributed by atoms with Crippen molar-refractivity contribution in [2.75, 3.05) is 13.6 Å². The maximum atomic E-state index is 11.8. The van der Waals surface area contributed by atoms with Gasteiger partial charge in [0.25, 0.3) is 0 Å². The minimum absolute atomic E-state index is 0.00986. The van der Waals surface area contributed by atoms with E-state index < -0.39 is 5.97 Å². The van der Waals surface area contributed by atoms with Gasteiger partial charge in [0.2, 0.25) is 5.91 Å². The fourth-order valence-electron chi connectivity index (χ4n) is 1.68. The molecule has 0 spiro atoms. The van der Waals surface area contributed by atoms with Crippen molar-refractivity contribution in [3.8, 4) is 0 Å². The Balaban J connectivity index is 4.27. The van der Waals surface area contributed by atoms with Crippen molar-refractivity contribution in [1.29, 1.82) is 0 Å². The minimum atomic E-state index is -0.961. The van der Waals surface area contributed by atoms with Crippen molar-refractivity contribution >= 4 is 11.9 Å². The van der Waals surface area contributed by atoms with Crippen molar-refractivity contribution in [3.63, 3.8) is 0 Å². The normalized spacial score (nSPS) is 10.4. The first kappa shape index (κ1) is 13.9. The smallest absolute Gasteiger partial charge is 0.323 e. The second-order valence-electron chi connectivity index (χ2n) is 3.86. The van der Waals surface area contributed by atoms with Gasteiger partial charge in [-0.15, -0.1) is 0 Å². The average Bonchev–Trinajstić information content (AvgIpc) is 2.15. The molecule has 88 valence electrons. The van der Waals surface area contributed by atoms with Gasteiger partial charge in [0.1, 0.15) is 6.54 Å². The topological polar surface area (TPSA) is 57.6 Å². The van der Waals surface area contributed by atoms with Gasteiger partial charge in [-0.3, -0.25) is 9.59 Å². The number of likely N-dealkylation sites (N-methyl/N-ethyl adjacent to an activating group) is 1. The number of aliphatic carboxylic acids is 1. The molecule has 0 saturated heterocycles. The lowest BCUT2D eigenvalue weighted by molar-refractivity contribution is -0.145. The van der Waals surface area contributed by atoms with Crippen LogP contribution >= 0.6 is 0 Å². The van der Waals surface area contributed by atoms with Gasteiger partial charge in [0.05, 0.1) is 0 Å². The van der Waals surface area contributed by atoms with E-state index in [9.17, 15) is 9.59 Å². The molecule has 0 aliphatic carbocycles. The van der Waals surface area contributed by atoms with Crippen molar-refractivity contribution in [2.45, 2.75) is 39.5 Å². The van der Waals surface area contributed by atoms with Crippen LogP contribution in [-0.2, 0) is 9.59 Å². The lowest BCUT2D eigenvalue weighted by Gasteiger charge is -2.21. The van der Waals surface area contributed by atoms with Crippen molar-refractivity contribution in [1.82, 2.24) is 4.90 Å². The van der Waals surface area contributed by atoms with E-state index >= 15 is 0 Å². The summed E-state index contributed by atoms with van der Waals surface area (Å²) in [5.41, 5.74) is 0. The molecule has 0 aliphatic heterocycles. The van der Waals surface area contributed by atoms with E-state index in [-0.39, 0.29) is 18.4 Å². The fraction of sp³-hybridized carbons (Fsp3) is 0.818. The van der Waals surface area contributed by atoms with Gasteiger partial charge in [0.15, 0.2) is 0 Å². The van der Waals surface area contributed by atoms with E-state index in [1.807, 2.05) is 13.8 Å². The molecule has 0 aromatic carbocycles. The monoisotopic (exact) mass is 215 g/mol. The summed E-state index contributed by atoms with van der Waals surface area (Å²) in [7, 11) is 1.55. The molecular formula is C11H21NO3. The summed E-state index contributed by atoms with van der Waals surface area (Å²) < 4.78 is 0. The Hall–Kier alpha value is -1.06. The van der Waals surface area contributed by atoms with E-state index in [4.69, 9.17) is 5.11 Å². The number of carboxylic acids is 1. The van der Waals surface area contributed by atoms with Crippen LogP contribution in [0.4, 0.5) is 0 Å². The molecule has 4 nitrogen and oxygen atoms in total. The predicted octanol–water partition coefficient (Wildman–Crippen LogP) is 1.75. The quantitative estimate of drug-likeness (QED) is 0.703. The summed E-state index contributed by atoms with van der Waals surface area (Å²) in [6.07, 6.45) is 3.60. The van der Waals surface area contributed by atoms with E-state index in [0.29, 0.717) is 0 Å². The second kappa shape index (κ2) is 7.26. The summed E-state index contributed by atoms with van der Waals surface area (Å²) in [4.78, 5) is 23.6. The molecule has 0 bridgehead atoms. The highest BCUT2D eigenvalue weighted by molar-refractivity contribution is 5.82. The van der Waals surface area contributed by atoms with E-state index in [1.54, 1.807) is 7.05 Å². The molecule has 0 aliphatic rings. The molecule has 0 aromatic rings. The van der Waals surface area contributed by atoms with Crippen molar-refractivity contribution in [2.24, 2.45) is 5.92 Å². The van der Waals surface area contributed by atoms with Crippen LogP contribution in [0.5, 0.6) is 0 Å². The van der Waals surface area contributed by atoms with Gasteiger partial charge in [-0.1, -0.05) is 26.7 Å². The average molecular weight is 215 g/mol. The highest BCUT2D eigenvalue weighted by Crippen LogP contribution is 2.15. The third kappa shape index (κ3) is 5.40. The summed E-state index contributed by atoms with van der Waals surface area (Å²) in [5, 5.41) is 8.58. The number of carboxylic acid groups (broad SMARTS) is 1. The fourth-order valence-corrected chi connectivity index (χ4v) is 1.68. The van der Waals surface area contributed by atoms with Crippen LogP contribution in [0, 0.1) is 5.92 Å². The standard InChI is InChI=1S/C11H21NO3/c1-4-6-9(7-5-2)11(15)12(3)8-10(13)14/h9H,4-8H2,1-3H3,(H,13,14). The van der Waals surface area contributed by atoms with Crippen LogP contribution < -0.4 is 0 Å². The molecule has 4 heteroatoms. The molecule has 0 atom stereocenters. The summed E-state index contributed by atoms with van der Waals surface area (Å²) >= 11 is 0. The number of hydrogen-bond donors (Lipinski definition) is 1. The first-order valence-electron chi connectivity index (χ1n) is 5.49. The highest BCUT2D eigenvalue weighted by atomic mass is 16.4. The third-order valence-corrected chi connectivity index (χ3v) is 2.37. The molecular weight excluding hydrogens is 194 g/mol. The third-order valence-electron chi connectivity index (χ3n) is 2.37. The predicted molar refractivity (Wildman–Crippen MR) is 58.6 cm³/mol. The van der Waals surface area contributed by atoms with Crippen LogP contribution in [0.1, 0.15) is 39.5 Å². The van der Waals surface area contributed by atoms with E-state index in [2.05, 4.69) is 0 Å². The zero-order valence-corrected chi connectivity index (χ0v) is 9.82. The second-order valence-corrected chi connectivity index (χ2v) is 3.86. The van der Waals surface area contributed by atoms with Crippen molar-refractivity contribution in [3.05, 3.63) is 0 Å². The van der Waals surface area contributed by atoms with Gasteiger partial charge in [-0.2, -0.15) is 0 Å². The van der Waals surface area contributed by atoms with Crippen LogP contribution in [0.25, 0.3) is 0 Å². The Labute approximate surface area is 91.3 Å². The van der Waals surface area contributed by atoms with E-state index in [0.717, 1.165) is 25.7 Å². The molecule has 1 amide bonds. The number of nitrogens with zero attached hydrogens (tertiary/aromatic N) is 1. The van der Waals surface area contributed by atoms with Crippen LogP contribution in [0.15, 0.2) is 0 Å². The highest BCUT2D eigenvalue weighted by Gasteiger charge is 2.21. The number of amides is 1. The first-order valence-corrected chi connectivity index (χ1v) is 5.49. The van der Waals surface area contributed by atoms with Gasteiger partial charge in [-0.05, 0) is 12.8 Å². The molecule has 15 heavy (non-hydrogen) atoms. The molecule has 0 unspecified atom stereocenters. The van der Waals surface area contributed by atoms with Crippen LogP contribution in [0.3, 0.4) is 0 Å². The number of carbonyl (C=O) groups excluding carboxylic acids is 1. The van der Waals surface area contributed by atoms with Gasteiger partial charge >= 0.3 is 5.97 Å². The van der Waals surface area contributed by atoms with Gasteiger partial charge in [-0.25, -0.2) is 0 Å². The largest absolute Gasteiger partial charge is 0.480 e. The summed E-state index contributed by atoms with van der Waals surface area (Å²) in [6, 6.07) is 0. The molecule has 0 saturated carbocycles. The zero-order valence-electron chi connectivity index (χ0n) is 9.82. The SMILES string of the molecule is CCCC(CCC)C(=O)N(C)CC(=O)O. The molecule has 0 radical (unpaired) electrons. The Morgan fingerprint density at radius 1 is 1.20 bits per heavy atom. The van der Waals surface area contributed by atoms with Crippen molar-refractivity contribution < 1.29 is 14.7 Å². The Morgan fingerprint density at radius 2 is 1.67 bits per heavy atom.